The van der Waals surface area contributed by atoms with Crippen molar-refractivity contribution in [2.45, 2.75) is 6.92 Å². The SMILES string of the molecule is Cc1ccc(Br)cc1O[B]O. The third-order valence-corrected chi connectivity index (χ3v) is 1.82. The van der Waals surface area contributed by atoms with E-state index in [1.165, 1.54) is 0 Å². The van der Waals surface area contributed by atoms with Crippen LogP contribution in [0.15, 0.2) is 22.7 Å². The Morgan fingerprint density at radius 3 is 2.91 bits per heavy atom. The molecule has 0 bridgehead atoms. The van der Waals surface area contributed by atoms with E-state index in [4.69, 9.17) is 9.68 Å². The van der Waals surface area contributed by atoms with Crippen LogP contribution in [-0.4, -0.2) is 12.7 Å². The molecule has 1 rings (SSSR count). The fourth-order valence-electron chi connectivity index (χ4n) is 0.758. The molecule has 0 heterocycles. The number of hydrogen-bond donors (Lipinski definition) is 1. The molecular formula is C7H7BBrO2. The number of aryl methyl sites for hydroxylation is 1. The van der Waals surface area contributed by atoms with E-state index in [1.54, 1.807) is 6.07 Å². The molecule has 0 fully saturated rings. The molecular weight excluding hydrogens is 207 g/mol. The number of halogens is 1. The zero-order valence-corrected chi connectivity index (χ0v) is 7.63. The smallest absolute Gasteiger partial charge is 0.537 e. The highest BCUT2D eigenvalue weighted by molar-refractivity contribution is 9.10. The van der Waals surface area contributed by atoms with Gasteiger partial charge in [-0.1, -0.05) is 22.0 Å². The quantitative estimate of drug-likeness (QED) is 0.758. The molecule has 0 unspecified atom stereocenters. The second kappa shape index (κ2) is 3.78. The van der Waals surface area contributed by atoms with Gasteiger partial charge in [0, 0.05) is 4.47 Å². The second-order valence-corrected chi connectivity index (χ2v) is 3.05. The van der Waals surface area contributed by atoms with Crippen molar-refractivity contribution < 1.29 is 9.68 Å². The lowest BCUT2D eigenvalue weighted by molar-refractivity contribution is 0.451. The van der Waals surface area contributed by atoms with Crippen LogP contribution >= 0.6 is 15.9 Å². The molecule has 4 heteroatoms. The summed E-state index contributed by atoms with van der Waals surface area (Å²) in [5, 5.41) is 8.37. The number of benzene rings is 1. The Hall–Kier alpha value is -0.475. The van der Waals surface area contributed by atoms with Gasteiger partial charge in [0.2, 0.25) is 0 Å². The molecule has 1 aromatic carbocycles. The second-order valence-electron chi connectivity index (χ2n) is 2.13. The van der Waals surface area contributed by atoms with Crippen LogP contribution in [-0.2, 0) is 0 Å². The van der Waals surface area contributed by atoms with Gasteiger partial charge in [-0.15, -0.1) is 0 Å². The molecule has 0 aliphatic carbocycles. The van der Waals surface area contributed by atoms with Crippen LogP contribution in [0.25, 0.3) is 0 Å². The van der Waals surface area contributed by atoms with Crippen LogP contribution in [0.1, 0.15) is 5.56 Å². The van der Waals surface area contributed by atoms with Crippen LogP contribution in [0.2, 0.25) is 0 Å². The monoisotopic (exact) mass is 213 g/mol. The maximum Gasteiger partial charge on any atom is 0.569 e. The van der Waals surface area contributed by atoms with Gasteiger partial charge in [-0.25, -0.2) is 0 Å². The number of rotatable bonds is 2. The first-order valence-electron chi connectivity index (χ1n) is 3.13. The summed E-state index contributed by atoms with van der Waals surface area (Å²) >= 11 is 3.29. The van der Waals surface area contributed by atoms with E-state index in [-0.39, 0.29) is 0 Å². The molecule has 0 saturated carbocycles. The standard InChI is InChI=1S/C7H7BBrO2/c1-5-2-3-6(9)4-7(5)11-8-10/h2-4,10H,1H3. The molecule has 0 saturated heterocycles. The Balaban J connectivity index is 2.93. The van der Waals surface area contributed by atoms with Crippen molar-refractivity contribution >= 4 is 23.6 Å². The van der Waals surface area contributed by atoms with Crippen LogP contribution in [0, 0.1) is 6.92 Å². The predicted octanol–water partition coefficient (Wildman–Crippen LogP) is 1.66. The Labute approximate surface area is 74.6 Å². The minimum atomic E-state index is 0.655. The van der Waals surface area contributed by atoms with E-state index in [0.29, 0.717) is 13.4 Å². The highest BCUT2D eigenvalue weighted by Gasteiger charge is 1.99. The maximum absolute atomic E-state index is 8.37. The van der Waals surface area contributed by atoms with E-state index in [0.717, 1.165) is 10.0 Å². The highest BCUT2D eigenvalue weighted by atomic mass is 79.9. The van der Waals surface area contributed by atoms with Crippen LogP contribution in [0.3, 0.4) is 0 Å². The molecule has 0 amide bonds. The van der Waals surface area contributed by atoms with Gasteiger partial charge in [0.1, 0.15) is 5.75 Å². The Kier molecular flexibility index (Phi) is 2.97. The molecule has 57 valence electrons. The van der Waals surface area contributed by atoms with Crippen molar-refractivity contribution in [1.82, 2.24) is 0 Å². The van der Waals surface area contributed by atoms with Gasteiger partial charge in [0.25, 0.3) is 0 Å². The van der Waals surface area contributed by atoms with Crippen molar-refractivity contribution in [2.24, 2.45) is 0 Å². The summed E-state index contributed by atoms with van der Waals surface area (Å²) in [6.45, 7) is 1.91. The summed E-state index contributed by atoms with van der Waals surface area (Å²) in [4.78, 5) is 0. The van der Waals surface area contributed by atoms with Crippen molar-refractivity contribution in [3.05, 3.63) is 28.2 Å². The zero-order valence-electron chi connectivity index (χ0n) is 6.04. The first-order chi connectivity index (χ1) is 5.24. The number of hydrogen-bond acceptors (Lipinski definition) is 2. The largest absolute Gasteiger partial charge is 0.569 e. The Morgan fingerprint density at radius 2 is 2.27 bits per heavy atom. The fraction of sp³-hybridized carbons (Fsp3) is 0.143. The molecule has 0 spiro atoms. The lowest BCUT2D eigenvalue weighted by Gasteiger charge is -2.04. The average Bonchev–Trinajstić information content (AvgIpc) is 1.98. The molecule has 1 N–H and O–H groups in total. The molecule has 0 aromatic heterocycles. The van der Waals surface area contributed by atoms with Crippen molar-refractivity contribution in [1.29, 1.82) is 0 Å². The fourth-order valence-corrected chi connectivity index (χ4v) is 1.10. The summed E-state index contributed by atoms with van der Waals surface area (Å²) in [5.74, 6) is 0.655. The van der Waals surface area contributed by atoms with Crippen LogP contribution < -0.4 is 4.65 Å². The van der Waals surface area contributed by atoms with Gasteiger partial charge in [0.15, 0.2) is 0 Å². The Morgan fingerprint density at radius 1 is 1.55 bits per heavy atom. The van der Waals surface area contributed by atoms with E-state index < -0.39 is 0 Å². The topological polar surface area (TPSA) is 29.5 Å². The van der Waals surface area contributed by atoms with Gasteiger partial charge >= 0.3 is 7.69 Å². The van der Waals surface area contributed by atoms with Gasteiger partial charge in [-0.3, -0.25) is 0 Å². The van der Waals surface area contributed by atoms with E-state index in [2.05, 4.69) is 15.9 Å². The maximum atomic E-state index is 8.37. The van der Waals surface area contributed by atoms with Crippen molar-refractivity contribution in [3.8, 4) is 5.75 Å². The van der Waals surface area contributed by atoms with Crippen molar-refractivity contribution in [3.63, 3.8) is 0 Å². The van der Waals surface area contributed by atoms with E-state index in [1.807, 2.05) is 19.1 Å². The lowest BCUT2D eigenvalue weighted by atomic mass is 10.2. The normalized spacial score (nSPS) is 9.36. The van der Waals surface area contributed by atoms with Crippen LogP contribution in [0.4, 0.5) is 0 Å². The molecule has 11 heavy (non-hydrogen) atoms. The van der Waals surface area contributed by atoms with E-state index in [9.17, 15) is 0 Å². The molecule has 0 atom stereocenters. The Bertz CT molecular complexity index is 252. The zero-order chi connectivity index (χ0) is 8.27. The first kappa shape index (κ1) is 8.62. The first-order valence-corrected chi connectivity index (χ1v) is 3.92. The third-order valence-electron chi connectivity index (χ3n) is 1.33. The van der Waals surface area contributed by atoms with Gasteiger partial charge in [0.05, 0.1) is 0 Å². The molecule has 2 nitrogen and oxygen atoms in total. The molecule has 1 aromatic rings. The van der Waals surface area contributed by atoms with Gasteiger partial charge < -0.3 is 9.68 Å². The minimum Gasteiger partial charge on any atom is -0.537 e. The highest BCUT2D eigenvalue weighted by Crippen LogP contribution is 2.22. The summed E-state index contributed by atoms with van der Waals surface area (Å²) in [6.07, 6.45) is 0. The molecule has 0 aliphatic rings. The summed E-state index contributed by atoms with van der Waals surface area (Å²) in [6, 6.07) is 5.62. The lowest BCUT2D eigenvalue weighted by Crippen LogP contribution is -2.00. The third kappa shape index (κ3) is 2.24. The minimum absolute atomic E-state index is 0.655. The van der Waals surface area contributed by atoms with E-state index >= 15 is 0 Å². The van der Waals surface area contributed by atoms with Gasteiger partial charge in [-0.05, 0) is 24.6 Å². The average molecular weight is 214 g/mol. The van der Waals surface area contributed by atoms with Crippen LogP contribution in [0.5, 0.6) is 5.75 Å². The molecule has 0 aliphatic heterocycles. The predicted molar refractivity (Wildman–Crippen MR) is 47.5 cm³/mol. The summed E-state index contributed by atoms with van der Waals surface area (Å²) in [5.41, 5.74) is 0.985. The molecule has 1 radical (unpaired) electrons. The van der Waals surface area contributed by atoms with Gasteiger partial charge in [-0.2, -0.15) is 0 Å². The van der Waals surface area contributed by atoms with Crippen molar-refractivity contribution in [2.75, 3.05) is 0 Å². The summed E-state index contributed by atoms with van der Waals surface area (Å²) < 4.78 is 5.75. The summed E-state index contributed by atoms with van der Waals surface area (Å²) in [7, 11) is 0.675.